The number of aromatic nitrogens is 2. The fraction of sp³-hybridized carbons (Fsp3) is 0.200. The average Bonchev–Trinajstić information content (AvgIpc) is 2.70. The van der Waals surface area contributed by atoms with Crippen LogP contribution in [0.3, 0.4) is 0 Å². The van der Waals surface area contributed by atoms with E-state index in [1.165, 1.54) is 0 Å². The van der Waals surface area contributed by atoms with Crippen LogP contribution in [0.4, 0.5) is 11.6 Å². The Hall–Kier alpha value is -1.62. The van der Waals surface area contributed by atoms with Crippen LogP contribution in [0, 0.1) is 0 Å². The van der Waals surface area contributed by atoms with Crippen molar-refractivity contribution < 1.29 is 0 Å². The number of nitrogen functional groups attached to an aromatic ring is 1. The lowest BCUT2D eigenvalue weighted by molar-refractivity contribution is 0.861. The van der Waals surface area contributed by atoms with Crippen LogP contribution in [0.5, 0.6) is 0 Å². The molecule has 0 fully saturated rings. The van der Waals surface area contributed by atoms with E-state index in [0.29, 0.717) is 5.82 Å². The van der Waals surface area contributed by atoms with E-state index >= 15 is 0 Å². The van der Waals surface area contributed by atoms with E-state index in [1.807, 2.05) is 24.4 Å². The summed E-state index contributed by atoms with van der Waals surface area (Å²) in [6.45, 7) is 2.05. The van der Waals surface area contributed by atoms with Crippen LogP contribution in [0.1, 0.15) is 18.0 Å². The topological polar surface area (TPSA) is 63.8 Å². The zero-order chi connectivity index (χ0) is 10.7. The number of hydrogen-bond donors (Lipinski definition) is 2. The SMILES string of the molecule is CC(Nc1cccc(N)n1)c1nccs1. The van der Waals surface area contributed by atoms with Crippen LogP contribution in [0.15, 0.2) is 29.8 Å². The first kappa shape index (κ1) is 9.92. The fourth-order valence-electron chi connectivity index (χ4n) is 1.26. The molecule has 78 valence electrons. The minimum atomic E-state index is 0.152. The van der Waals surface area contributed by atoms with E-state index < -0.39 is 0 Å². The molecule has 0 bridgehead atoms. The Balaban J connectivity index is 2.09. The quantitative estimate of drug-likeness (QED) is 0.833. The lowest BCUT2D eigenvalue weighted by Gasteiger charge is -2.11. The molecule has 15 heavy (non-hydrogen) atoms. The smallest absolute Gasteiger partial charge is 0.128 e. The van der Waals surface area contributed by atoms with Crippen LogP contribution in [0.2, 0.25) is 0 Å². The Morgan fingerprint density at radius 3 is 3.00 bits per heavy atom. The van der Waals surface area contributed by atoms with Gasteiger partial charge in [0.25, 0.3) is 0 Å². The Kier molecular flexibility index (Phi) is 2.82. The van der Waals surface area contributed by atoms with Gasteiger partial charge in [0.1, 0.15) is 16.6 Å². The van der Waals surface area contributed by atoms with E-state index in [0.717, 1.165) is 10.8 Å². The molecule has 0 radical (unpaired) electrons. The average molecular weight is 220 g/mol. The second kappa shape index (κ2) is 4.27. The van der Waals surface area contributed by atoms with Crippen LogP contribution in [0.25, 0.3) is 0 Å². The molecule has 2 rings (SSSR count). The van der Waals surface area contributed by atoms with Crippen molar-refractivity contribution in [2.75, 3.05) is 11.1 Å². The normalized spacial score (nSPS) is 12.3. The first-order valence-corrected chi connectivity index (χ1v) is 5.52. The lowest BCUT2D eigenvalue weighted by atomic mass is 10.3. The van der Waals surface area contributed by atoms with Crippen molar-refractivity contribution in [2.24, 2.45) is 0 Å². The van der Waals surface area contributed by atoms with Crippen LogP contribution >= 0.6 is 11.3 Å². The van der Waals surface area contributed by atoms with Gasteiger partial charge in [-0.15, -0.1) is 11.3 Å². The van der Waals surface area contributed by atoms with E-state index in [9.17, 15) is 0 Å². The van der Waals surface area contributed by atoms with Crippen molar-refractivity contribution in [3.63, 3.8) is 0 Å². The molecule has 0 saturated heterocycles. The molecule has 2 aromatic rings. The molecule has 0 aromatic carbocycles. The van der Waals surface area contributed by atoms with Gasteiger partial charge in [-0.1, -0.05) is 6.07 Å². The molecule has 1 atom stereocenters. The summed E-state index contributed by atoms with van der Waals surface area (Å²) in [6.07, 6.45) is 1.80. The van der Waals surface area contributed by atoms with Gasteiger partial charge < -0.3 is 11.1 Å². The molecule has 0 amide bonds. The van der Waals surface area contributed by atoms with Crippen molar-refractivity contribution >= 4 is 23.0 Å². The Morgan fingerprint density at radius 2 is 2.33 bits per heavy atom. The van der Waals surface area contributed by atoms with Crippen molar-refractivity contribution in [3.05, 3.63) is 34.8 Å². The van der Waals surface area contributed by atoms with Crippen molar-refractivity contribution in [1.82, 2.24) is 9.97 Å². The van der Waals surface area contributed by atoms with Gasteiger partial charge in [0.2, 0.25) is 0 Å². The molecule has 0 aliphatic carbocycles. The van der Waals surface area contributed by atoms with Gasteiger partial charge >= 0.3 is 0 Å². The zero-order valence-corrected chi connectivity index (χ0v) is 9.16. The number of nitrogens with zero attached hydrogens (tertiary/aromatic N) is 2. The van der Waals surface area contributed by atoms with Gasteiger partial charge in [-0.2, -0.15) is 0 Å². The molecular formula is C10H12N4S. The summed E-state index contributed by atoms with van der Waals surface area (Å²) in [6, 6.07) is 5.68. The number of anilines is 2. The predicted molar refractivity (Wildman–Crippen MR) is 62.8 cm³/mol. The lowest BCUT2D eigenvalue weighted by Crippen LogP contribution is -2.08. The number of pyridine rings is 1. The molecule has 0 aliphatic rings. The highest BCUT2D eigenvalue weighted by Crippen LogP contribution is 2.19. The third-order valence-corrected chi connectivity index (χ3v) is 2.92. The Bertz CT molecular complexity index is 427. The van der Waals surface area contributed by atoms with Gasteiger partial charge in [0.15, 0.2) is 0 Å². The molecule has 4 nitrogen and oxygen atoms in total. The van der Waals surface area contributed by atoms with E-state index in [-0.39, 0.29) is 6.04 Å². The number of thiazole rings is 1. The maximum Gasteiger partial charge on any atom is 0.128 e. The van der Waals surface area contributed by atoms with Crippen LogP contribution in [-0.2, 0) is 0 Å². The third kappa shape index (κ3) is 2.44. The predicted octanol–water partition coefficient (Wildman–Crippen LogP) is 2.29. The van der Waals surface area contributed by atoms with Crippen molar-refractivity contribution in [2.45, 2.75) is 13.0 Å². The minimum absolute atomic E-state index is 0.152. The number of nitrogens with one attached hydrogen (secondary N) is 1. The summed E-state index contributed by atoms with van der Waals surface area (Å²) in [7, 11) is 0. The van der Waals surface area contributed by atoms with Crippen molar-refractivity contribution in [3.8, 4) is 0 Å². The van der Waals surface area contributed by atoms with Gasteiger partial charge in [0, 0.05) is 11.6 Å². The van der Waals surface area contributed by atoms with Crippen molar-refractivity contribution in [1.29, 1.82) is 0 Å². The first-order valence-electron chi connectivity index (χ1n) is 4.64. The van der Waals surface area contributed by atoms with Gasteiger partial charge in [-0.3, -0.25) is 0 Å². The van der Waals surface area contributed by atoms with Crippen LogP contribution < -0.4 is 11.1 Å². The maximum atomic E-state index is 5.59. The second-order valence-electron chi connectivity index (χ2n) is 3.18. The highest BCUT2D eigenvalue weighted by atomic mass is 32.1. The highest BCUT2D eigenvalue weighted by Gasteiger charge is 2.07. The second-order valence-corrected chi connectivity index (χ2v) is 4.11. The summed E-state index contributed by atoms with van der Waals surface area (Å²) in [4.78, 5) is 8.40. The van der Waals surface area contributed by atoms with E-state index in [4.69, 9.17) is 5.73 Å². The molecule has 2 heterocycles. The third-order valence-electron chi connectivity index (χ3n) is 1.96. The van der Waals surface area contributed by atoms with Crippen LogP contribution in [-0.4, -0.2) is 9.97 Å². The summed E-state index contributed by atoms with van der Waals surface area (Å²) < 4.78 is 0. The molecule has 1 unspecified atom stereocenters. The molecule has 2 aromatic heterocycles. The number of rotatable bonds is 3. The number of nitrogens with two attached hydrogens (primary N) is 1. The number of hydrogen-bond acceptors (Lipinski definition) is 5. The largest absolute Gasteiger partial charge is 0.384 e. The Morgan fingerprint density at radius 1 is 1.47 bits per heavy atom. The molecule has 5 heteroatoms. The van der Waals surface area contributed by atoms with E-state index in [1.54, 1.807) is 23.6 Å². The summed E-state index contributed by atoms with van der Waals surface area (Å²) >= 11 is 1.62. The molecule has 0 saturated carbocycles. The Labute approximate surface area is 92.2 Å². The summed E-state index contributed by atoms with van der Waals surface area (Å²) in [5.41, 5.74) is 5.59. The summed E-state index contributed by atoms with van der Waals surface area (Å²) in [5, 5.41) is 6.24. The standard InChI is InChI=1S/C10H12N4S/c1-7(10-12-5-6-15-10)13-9-4-2-3-8(11)14-9/h2-7H,1H3,(H3,11,13,14). The summed E-state index contributed by atoms with van der Waals surface area (Å²) in [5.74, 6) is 1.30. The van der Waals surface area contributed by atoms with Gasteiger partial charge in [0.05, 0.1) is 6.04 Å². The molecule has 0 spiro atoms. The zero-order valence-electron chi connectivity index (χ0n) is 8.34. The monoisotopic (exact) mass is 220 g/mol. The highest BCUT2D eigenvalue weighted by molar-refractivity contribution is 7.09. The minimum Gasteiger partial charge on any atom is -0.384 e. The van der Waals surface area contributed by atoms with Gasteiger partial charge in [-0.05, 0) is 19.1 Å². The fourth-order valence-corrected chi connectivity index (χ4v) is 1.91. The molecule has 0 aliphatic heterocycles. The first-order chi connectivity index (χ1) is 7.25. The van der Waals surface area contributed by atoms with Gasteiger partial charge in [-0.25, -0.2) is 9.97 Å². The molecule has 3 N–H and O–H groups in total. The molecular weight excluding hydrogens is 208 g/mol. The van der Waals surface area contributed by atoms with E-state index in [2.05, 4.69) is 15.3 Å². The maximum absolute atomic E-state index is 5.59.